The minimum Gasteiger partial charge on any atom is -0.481 e. The topological polar surface area (TPSA) is 133 Å². The van der Waals surface area contributed by atoms with Crippen molar-refractivity contribution in [1.82, 2.24) is 30.9 Å². The molecule has 1 aromatic carbocycles. The zero-order valence-corrected chi connectivity index (χ0v) is 26.2. The third-order valence-corrected chi connectivity index (χ3v) is 8.04. The molecular weight excluding hydrogens is 597 g/mol. The number of carbonyl (C=O) groups is 1. The molecule has 1 aliphatic rings. The summed E-state index contributed by atoms with van der Waals surface area (Å²) >= 11 is 6.97. The van der Waals surface area contributed by atoms with Gasteiger partial charge in [-0.3, -0.25) is 9.78 Å². The number of hydrogen-bond acceptors (Lipinski definition) is 9. The number of benzene rings is 1. The molecule has 4 heterocycles. The Balaban J connectivity index is 1.36. The number of carbonyl (C=O) groups excluding carboxylic acids is 1. The smallest absolute Gasteiger partial charge is 0.220 e. The molecule has 0 unspecified atom stereocenters. The second-order valence-electron chi connectivity index (χ2n) is 11.0. The maximum atomic E-state index is 15.3. The first-order chi connectivity index (χ1) is 21.7. The number of anilines is 2. The molecule has 3 aromatic heterocycles. The Morgan fingerprint density at radius 2 is 1.89 bits per heavy atom. The predicted molar refractivity (Wildman–Crippen MR) is 173 cm³/mol. The SMILES string of the molecule is COc1nc(-c2ccnc(-c3cccc(Nc4nccc(CNC[C@H](C)O)c4F)c3C)c2Cl)ccc1CNC[C@H]1CCC(=O)N1. The fraction of sp³-hybridized carbons (Fsp3) is 0.333. The molecule has 4 aromatic rings. The number of aromatic nitrogens is 3. The van der Waals surface area contributed by atoms with Gasteiger partial charge in [0.15, 0.2) is 11.6 Å². The summed E-state index contributed by atoms with van der Waals surface area (Å²) < 4.78 is 20.9. The normalized spacial score (nSPS) is 15.2. The van der Waals surface area contributed by atoms with E-state index in [4.69, 9.17) is 21.3 Å². The minimum atomic E-state index is -0.532. The molecule has 12 heteroatoms. The Bertz CT molecular complexity index is 1670. The number of ether oxygens (including phenoxy) is 1. The predicted octanol–water partition coefficient (Wildman–Crippen LogP) is 4.90. The Hall–Kier alpha value is -4.16. The van der Waals surface area contributed by atoms with Crippen LogP contribution in [0.5, 0.6) is 5.88 Å². The van der Waals surface area contributed by atoms with E-state index in [2.05, 4.69) is 31.2 Å². The Kier molecular flexibility index (Phi) is 10.6. The van der Waals surface area contributed by atoms with E-state index in [1.165, 1.54) is 0 Å². The number of nitrogens with one attached hydrogen (secondary N) is 4. The summed E-state index contributed by atoms with van der Waals surface area (Å²) in [6.45, 7) is 5.39. The molecule has 45 heavy (non-hydrogen) atoms. The summed E-state index contributed by atoms with van der Waals surface area (Å²) in [5, 5.41) is 22.4. The number of rotatable bonds is 13. The van der Waals surface area contributed by atoms with Crippen LogP contribution in [-0.4, -0.2) is 58.3 Å². The minimum absolute atomic E-state index is 0.0895. The fourth-order valence-electron chi connectivity index (χ4n) is 5.25. The van der Waals surface area contributed by atoms with Gasteiger partial charge in [0.1, 0.15) is 0 Å². The van der Waals surface area contributed by atoms with Crippen LogP contribution in [0.1, 0.15) is 36.5 Å². The summed E-state index contributed by atoms with van der Waals surface area (Å²) in [7, 11) is 1.58. The average Bonchev–Trinajstić information content (AvgIpc) is 3.45. The molecule has 5 N–H and O–H groups in total. The molecule has 0 spiro atoms. The van der Waals surface area contributed by atoms with Crippen molar-refractivity contribution in [2.75, 3.05) is 25.5 Å². The van der Waals surface area contributed by atoms with Gasteiger partial charge in [-0.25, -0.2) is 14.4 Å². The monoisotopic (exact) mass is 633 g/mol. The summed E-state index contributed by atoms with van der Waals surface area (Å²) in [6, 6.07) is 13.0. The second-order valence-corrected chi connectivity index (χ2v) is 11.4. The third-order valence-electron chi connectivity index (χ3n) is 7.66. The number of aliphatic hydroxyl groups is 1. The highest BCUT2D eigenvalue weighted by atomic mass is 35.5. The largest absolute Gasteiger partial charge is 0.481 e. The van der Waals surface area contributed by atoms with E-state index in [-0.39, 0.29) is 24.3 Å². The molecule has 0 saturated carbocycles. The van der Waals surface area contributed by atoms with Crippen molar-refractivity contribution >= 4 is 29.0 Å². The first kappa shape index (κ1) is 32.2. The number of halogens is 2. The van der Waals surface area contributed by atoms with Gasteiger partial charge in [-0.05, 0) is 50.1 Å². The number of amides is 1. The van der Waals surface area contributed by atoms with Gasteiger partial charge in [0.2, 0.25) is 11.8 Å². The molecular formula is C33H37ClFN7O3. The molecule has 236 valence electrons. The second kappa shape index (κ2) is 14.7. The third kappa shape index (κ3) is 7.74. The first-order valence-electron chi connectivity index (χ1n) is 14.8. The van der Waals surface area contributed by atoms with Gasteiger partial charge in [0, 0.05) is 79.0 Å². The van der Waals surface area contributed by atoms with Gasteiger partial charge in [-0.15, -0.1) is 0 Å². The Morgan fingerprint density at radius 3 is 2.64 bits per heavy atom. The van der Waals surface area contributed by atoms with Crippen LogP contribution in [0.25, 0.3) is 22.5 Å². The quantitative estimate of drug-likeness (QED) is 0.139. The summed E-state index contributed by atoms with van der Waals surface area (Å²) in [5.74, 6) is 0.192. The lowest BCUT2D eigenvalue weighted by Crippen LogP contribution is -2.35. The molecule has 10 nitrogen and oxygen atoms in total. The highest BCUT2D eigenvalue weighted by Crippen LogP contribution is 2.38. The maximum Gasteiger partial charge on any atom is 0.220 e. The van der Waals surface area contributed by atoms with Crippen molar-refractivity contribution in [2.24, 2.45) is 0 Å². The summed E-state index contributed by atoms with van der Waals surface area (Å²) in [4.78, 5) is 25.0. The van der Waals surface area contributed by atoms with Crippen molar-refractivity contribution in [3.05, 3.63) is 82.4 Å². The van der Waals surface area contributed by atoms with Crippen LogP contribution in [0, 0.1) is 12.7 Å². The lowest BCUT2D eigenvalue weighted by Gasteiger charge is -2.16. The molecule has 1 saturated heterocycles. The highest BCUT2D eigenvalue weighted by Gasteiger charge is 2.21. The van der Waals surface area contributed by atoms with E-state index in [0.717, 1.165) is 23.1 Å². The molecule has 5 rings (SSSR count). The number of methoxy groups -OCH3 is 1. The standard InChI is InChI=1S/C33H37ClFN7O3/c1-19(43)15-36-16-21-11-13-39-32(30(21)35)41-26-6-4-5-24(20(26)2)31-29(34)25(12-14-38-31)27-9-7-22(33(42-27)45-3)17-37-18-23-8-10-28(44)40-23/h4-7,9,11-14,19,23,36-37,43H,8,10,15-18H2,1-3H3,(H,39,41)(H,40,44)/t19-,23+/m0/s1. The van der Waals surface area contributed by atoms with Crippen molar-refractivity contribution in [3.63, 3.8) is 0 Å². The molecule has 0 radical (unpaired) electrons. The number of pyridine rings is 3. The summed E-state index contributed by atoms with van der Waals surface area (Å²) in [6.07, 6.45) is 4.08. The van der Waals surface area contributed by atoms with Crippen LogP contribution in [0.15, 0.2) is 54.9 Å². The van der Waals surface area contributed by atoms with Crippen molar-refractivity contribution in [1.29, 1.82) is 0 Å². The molecule has 0 bridgehead atoms. The maximum absolute atomic E-state index is 15.3. The van der Waals surface area contributed by atoms with E-state index >= 15 is 4.39 Å². The molecule has 1 aliphatic heterocycles. The van der Waals surface area contributed by atoms with Gasteiger partial charge < -0.3 is 31.1 Å². The lowest BCUT2D eigenvalue weighted by atomic mass is 10.0. The van der Waals surface area contributed by atoms with Gasteiger partial charge in [0.25, 0.3) is 0 Å². The van der Waals surface area contributed by atoms with Crippen molar-refractivity contribution in [2.45, 2.75) is 51.9 Å². The van der Waals surface area contributed by atoms with Crippen LogP contribution >= 0.6 is 11.6 Å². The number of aliphatic hydroxyl groups excluding tert-OH is 1. The molecule has 1 fully saturated rings. The number of hydrogen-bond donors (Lipinski definition) is 5. The van der Waals surface area contributed by atoms with E-state index in [1.807, 2.05) is 43.3 Å². The van der Waals surface area contributed by atoms with Crippen molar-refractivity contribution < 1.29 is 19.0 Å². The van der Waals surface area contributed by atoms with Gasteiger partial charge in [0.05, 0.1) is 29.6 Å². The van der Waals surface area contributed by atoms with Crippen LogP contribution in [0.4, 0.5) is 15.9 Å². The number of nitrogens with zero attached hydrogens (tertiary/aromatic N) is 3. The Labute approximate surface area is 266 Å². The van der Waals surface area contributed by atoms with E-state index in [9.17, 15) is 9.90 Å². The first-order valence-corrected chi connectivity index (χ1v) is 15.2. The van der Waals surface area contributed by atoms with E-state index < -0.39 is 11.9 Å². The fourth-order valence-corrected chi connectivity index (χ4v) is 5.56. The van der Waals surface area contributed by atoms with E-state index in [1.54, 1.807) is 32.5 Å². The zero-order valence-electron chi connectivity index (χ0n) is 25.5. The van der Waals surface area contributed by atoms with Crippen molar-refractivity contribution in [3.8, 4) is 28.4 Å². The van der Waals surface area contributed by atoms with Crippen LogP contribution in [0.2, 0.25) is 5.02 Å². The van der Waals surface area contributed by atoms with Gasteiger partial charge >= 0.3 is 0 Å². The van der Waals surface area contributed by atoms with E-state index in [0.29, 0.717) is 65.2 Å². The van der Waals surface area contributed by atoms with Gasteiger partial charge in [-0.1, -0.05) is 29.8 Å². The molecule has 1 amide bonds. The highest BCUT2D eigenvalue weighted by molar-refractivity contribution is 6.35. The lowest BCUT2D eigenvalue weighted by molar-refractivity contribution is -0.119. The average molecular weight is 634 g/mol. The summed E-state index contributed by atoms with van der Waals surface area (Å²) in [5.41, 5.74) is 5.44. The zero-order chi connectivity index (χ0) is 31.9. The molecule has 2 atom stereocenters. The van der Waals surface area contributed by atoms with Gasteiger partial charge in [-0.2, -0.15) is 0 Å². The molecule has 0 aliphatic carbocycles. The van der Waals surface area contributed by atoms with Crippen LogP contribution in [0.3, 0.4) is 0 Å². The van der Waals surface area contributed by atoms with Crippen LogP contribution in [-0.2, 0) is 17.9 Å². The van der Waals surface area contributed by atoms with Crippen LogP contribution < -0.4 is 26.0 Å². The Morgan fingerprint density at radius 1 is 1.09 bits per heavy atom.